The number of hydrogen-bond donors (Lipinski definition) is 2. The number of aliphatic hydroxyl groups excluding tert-OH is 1. The lowest BCUT2D eigenvalue weighted by atomic mass is 10.3. The van der Waals surface area contributed by atoms with E-state index in [-0.39, 0.29) is 6.61 Å². The van der Waals surface area contributed by atoms with Crippen LogP contribution in [0.25, 0.3) is 0 Å². The van der Waals surface area contributed by atoms with Crippen molar-refractivity contribution < 1.29 is 5.11 Å². The van der Waals surface area contributed by atoms with Gasteiger partial charge in [-0.15, -0.1) is 0 Å². The Kier molecular flexibility index (Phi) is 5.28. The highest BCUT2D eigenvalue weighted by Crippen LogP contribution is 2.02. The average molecular weight is 231 g/mol. The molecule has 1 saturated heterocycles. The van der Waals surface area contributed by atoms with E-state index in [0.717, 1.165) is 37.8 Å². The molecule has 1 rings (SSSR count). The number of nitrogens with one attached hydrogen (secondary N) is 1. The van der Waals surface area contributed by atoms with E-state index >= 15 is 0 Å². The summed E-state index contributed by atoms with van der Waals surface area (Å²) in [5.41, 5.74) is 0. The Hall–Kier alpha value is -0.390. The fraction of sp³-hybridized carbons (Fsp3) is 0.900. The molecule has 0 aromatic carbocycles. The van der Waals surface area contributed by atoms with Gasteiger partial charge in [0.05, 0.1) is 6.61 Å². The van der Waals surface area contributed by atoms with Gasteiger partial charge in [-0.3, -0.25) is 4.90 Å². The summed E-state index contributed by atoms with van der Waals surface area (Å²) in [5.74, 6) is 0. The fourth-order valence-electron chi connectivity index (χ4n) is 1.65. The number of thiocarbonyl (C=S) groups is 1. The molecule has 1 aliphatic rings. The Bertz CT molecular complexity index is 203. The maximum atomic E-state index is 8.82. The molecule has 0 aromatic heterocycles. The summed E-state index contributed by atoms with van der Waals surface area (Å²) in [7, 11) is 0. The van der Waals surface area contributed by atoms with Gasteiger partial charge in [-0.1, -0.05) is 0 Å². The van der Waals surface area contributed by atoms with Gasteiger partial charge < -0.3 is 15.3 Å². The molecule has 0 radical (unpaired) electrons. The predicted molar refractivity (Wildman–Crippen MR) is 66.0 cm³/mol. The summed E-state index contributed by atoms with van der Waals surface area (Å²) >= 11 is 5.30. The number of piperazine rings is 1. The quantitative estimate of drug-likeness (QED) is 0.663. The molecular weight excluding hydrogens is 210 g/mol. The van der Waals surface area contributed by atoms with E-state index in [1.165, 1.54) is 0 Å². The van der Waals surface area contributed by atoms with Gasteiger partial charge in [0, 0.05) is 38.8 Å². The molecule has 88 valence electrons. The number of aliphatic hydroxyl groups is 1. The van der Waals surface area contributed by atoms with Gasteiger partial charge in [-0.05, 0) is 26.1 Å². The third-order valence-corrected chi connectivity index (χ3v) is 2.86. The van der Waals surface area contributed by atoms with Gasteiger partial charge >= 0.3 is 0 Å². The van der Waals surface area contributed by atoms with Crippen LogP contribution in [-0.4, -0.2) is 65.4 Å². The lowest BCUT2D eigenvalue weighted by molar-refractivity contribution is 0.146. The van der Waals surface area contributed by atoms with Crippen LogP contribution >= 0.6 is 12.2 Å². The van der Waals surface area contributed by atoms with Crippen molar-refractivity contribution in [2.45, 2.75) is 19.9 Å². The zero-order chi connectivity index (χ0) is 11.3. The molecule has 5 heteroatoms. The average Bonchev–Trinajstić information content (AvgIpc) is 2.18. The molecule has 0 bridgehead atoms. The van der Waals surface area contributed by atoms with Crippen molar-refractivity contribution in [1.82, 2.24) is 15.1 Å². The third-order valence-electron chi connectivity index (χ3n) is 2.49. The second-order valence-electron chi connectivity index (χ2n) is 4.16. The molecule has 15 heavy (non-hydrogen) atoms. The van der Waals surface area contributed by atoms with Gasteiger partial charge in [-0.2, -0.15) is 0 Å². The predicted octanol–water partition coefficient (Wildman–Crippen LogP) is -0.121. The van der Waals surface area contributed by atoms with E-state index in [1.54, 1.807) is 0 Å². The highest BCUT2D eigenvalue weighted by atomic mass is 32.1. The first-order chi connectivity index (χ1) is 7.13. The first-order valence-electron chi connectivity index (χ1n) is 5.52. The van der Waals surface area contributed by atoms with Crippen LogP contribution in [0.4, 0.5) is 0 Å². The minimum Gasteiger partial charge on any atom is -0.395 e. The Morgan fingerprint density at radius 1 is 1.33 bits per heavy atom. The van der Waals surface area contributed by atoms with Crippen LogP contribution in [0.3, 0.4) is 0 Å². The largest absolute Gasteiger partial charge is 0.395 e. The lowest BCUT2D eigenvalue weighted by Crippen LogP contribution is -2.53. The summed E-state index contributed by atoms with van der Waals surface area (Å²) in [6, 6.07) is 0.396. The standard InChI is InChI=1S/C10H21N3OS/c1-9(2)11-10(15)13-5-3-12(4-6-13)7-8-14/h9,14H,3-8H2,1-2H3,(H,11,15). The monoisotopic (exact) mass is 231 g/mol. The van der Waals surface area contributed by atoms with Gasteiger partial charge in [0.2, 0.25) is 0 Å². The highest BCUT2D eigenvalue weighted by Gasteiger charge is 2.18. The van der Waals surface area contributed by atoms with Crippen LogP contribution in [-0.2, 0) is 0 Å². The molecule has 0 amide bonds. The van der Waals surface area contributed by atoms with Crippen molar-refractivity contribution in [1.29, 1.82) is 0 Å². The fourth-order valence-corrected chi connectivity index (χ4v) is 2.07. The van der Waals surface area contributed by atoms with Crippen LogP contribution in [0.15, 0.2) is 0 Å². The van der Waals surface area contributed by atoms with Crippen molar-refractivity contribution in [2.75, 3.05) is 39.3 Å². The topological polar surface area (TPSA) is 38.7 Å². The van der Waals surface area contributed by atoms with E-state index in [1.807, 2.05) is 0 Å². The van der Waals surface area contributed by atoms with Gasteiger partial charge in [-0.25, -0.2) is 0 Å². The maximum absolute atomic E-state index is 8.82. The molecule has 0 spiro atoms. The first kappa shape index (κ1) is 12.7. The van der Waals surface area contributed by atoms with Crippen LogP contribution in [0.5, 0.6) is 0 Å². The SMILES string of the molecule is CC(C)NC(=S)N1CCN(CCO)CC1. The summed E-state index contributed by atoms with van der Waals surface area (Å²) in [6.07, 6.45) is 0. The molecule has 1 aliphatic heterocycles. The minimum atomic E-state index is 0.245. The van der Waals surface area contributed by atoms with Crippen molar-refractivity contribution in [3.8, 4) is 0 Å². The van der Waals surface area contributed by atoms with E-state index in [2.05, 4.69) is 29.0 Å². The van der Waals surface area contributed by atoms with Crippen LogP contribution in [0.2, 0.25) is 0 Å². The second kappa shape index (κ2) is 6.25. The third kappa shape index (κ3) is 4.32. The molecule has 1 fully saturated rings. The zero-order valence-electron chi connectivity index (χ0n) is 9.57. The highest BCUT2D eigenvalue weighted by molar-refractivity contribution is 7.80. The van der Waals surface area contributed by atoms with Crippen LogP contribution in [0, 0.1) is 0 Å². The Labute approximate surface area is 97.2 Å². The molecule has 0 atom stereocenters. The van der Waals surface area contributed by atoms with Crippen molar-refractivity contribution in [3.63, 3.8) is 0 Å². The molecule has 0 unspecified atom stereocenters. The van der Waals surface area contributed by atoms with E-state index in [9.17, 15) is 0 Å². The molecule has 4 nitrogen and oxygen atoms in total. The van der Waals surface area contributed by atoms with Crippen molar-refractivity contribution in [3.05, 3.63) is 0 Å². The molecule has 1 heterocycles. The van der Waals surface area contributed by atoms with Crippen LogP contribution in [0.1, 0.15) is 13.8 Å². The van der Waals surface area contributed by atoms with E-state index in [4.69, 9.17) is 17.3 Å². The summed E-state index contributed by atoms with van der Waals surface area (Å²) in [6.45, 7) is 9.09. The molecular formula is C10H21N3OS. The number of hydrogen-bond acceptors (Lipinski definition) is 3. The molecule has 0 aliphatic carbocycles. The summed E-state index contributed by atoms with van der Waals surface area (Å²) < 4.78 is 0. The maximum Gasteiger partial charge on any atom is 0.169 e. The van der Waals surface area contributed by atoms with E-state index < -0.39 is 0 Å². The summed E-state index contributed by atoms with van der Waals surface area (Å²) in [5, 5.41) is 12.9. The minimum absolute atomic E-state index is 0.245. The smallest absolute Gasteiger partial charge is 0.169 e. The normalized spacial score (nSPS) is 18.3. The zero-order valence-corrected chi connectivity index (χ0v) is 10.4. The molecule has 0 aromatic rings. The Morgan fingerprint density at radius 2 is 1.93 bits per heavy atom. The van der Waals surface area contributed by atoms with Gasteiger partial charge in [0.1, 0.15) is 0 Å². The Balaban J connectivity index is 2.27. The second-order valence-corrected chi connectivity index (χ2v) is 4.54. The van der Waals surface area contributed by atoms with E-state index in [0.29, 0.717) is 6.04 Å². The van der Waals surface area contributed by atoms with Crippen LogP contribution < -0.4 is 5.32 Å². The number of rotatable bonds is 3. The number of nitrogens with zero attached hydrogens (tertiary/aromatic N) is 2. The number of β-amino-alcohol motifs (C(OH)–C–C–N with tert-alkyl or cyclic N) is 1. The van der Waals surface area contributed by atoms with Gasteiger partial charge in [0.25, 0.3) is 0 Å². The molecule has 2 N–H and O–H groups in total. The van der Waals surface area contributed by atoms with Gasteiger partial charge in [0.15, 0.2) is 5.11 Å². The summed E-state index contributed by atoms with van der Waals surface area (Å²) in [4.78, 5) is 4.46. The molecule has 0 saturated carbocycles. The lowest BCUT2D eigenvalue weighted by Gasteiger charge is -2.36. The first-order valence-corrected chi connectivity index (χ1v) is 5.93. The van der Waals surface area contributed by atoms with Crippen molar-refractivity contribution in [2.24, 2.45) is 0 Å². The Morgan fingerprint density at radius 3 is 2.40 bits per heavy atom. The van der Waals surface area contributed by atoms with Crippen molar-refractivity contribution >= 4 is 17.3 Å².